The Hall–Kier alpha value is 0.850. The molecule has 0 bridgehead atoms. The maximum absolute atomic E-state index is 10.7. The largest absolute Gasteiger partial charge is 0.399 e. The molecule has 8 heavy (non-hydrogen) atoms. The average molecular weight is 173 g/mol. The van der Waals surface area contributed by atoms with Crippen molar-refractivity contribution in [1.29, 1.82) is 0 Å². The van der Waals surface area contributed by atoms with E-state index < -0.39 is 6.80 Å². The van der Waals surface area contributed by atoms with Crippen LogP contribution in [0, 0.1) is 0 Å². The Morgan fingerprint density at radius 1 is 1.50 bits per heavy atom. The SMILES string of the molecule is COP(=O)(OC)S[S]. The zero-order valence-electron chi connectivity index (χ0n) is 4.49. The molecule has 0 saturated heterocycles. The highest BCUT2D eigenvalue weighted by Crippen LogP contribution is 2.61. The molecule has 1 radical (unpaired) electrons. The molecule has 49 valence electrons. The molecule has 0 unspecified atom stereocenters. The molecular formula is C2H6O3PS2. The van der Waals surface area contributed by atoms with Crippen LogP contribution < -0.4 is 0 Å². The van der Waals surface area contributed by atoms with Crippen molar-refractivity contribution in [2.45, 2.75) is 0 Å². The lowest BCUT2D eigenvalue weighted by molar-refractivity contribution is 0.295. The van der Waals surface area contributed by atoms with Crippen molar-refractivity contribution in [3.63, 3.8) is 0 Å². The summed E-state index contributed by atoms with van der Waals surface area (Å²) in [5.41, 5.74) is 0. The topological polar surface area (TPSA) is 35.5 Å². The Balaban J connectivity index is 3.79. The molecule has 0 fully saturated rings. The molecule has 0 atom stereocenters. The van der Waals surface area contributed by atoms with Gasteiger partial charge in [-0.15, -0.1) is 0 Å². The molecule has 0 spiro atoms. The Labute approximate surface area is 57.2 Å². The molecule has 0 aromatic heterocycles. The van der Waals surface area contributed by atoms with E-state index in [9.17, 15) is 4.57 Å². The molecule has 0 aromatic rings. The fourth-order valence-corrected chi connectivity index (χ4v) is 1.87. The standard InChI is InChI=1S/C2H6O3PS2/c1-4-6(3,5-2)8-7/h1-2H3. The summed E-state index contributed by atoms with van der Waals surface area (Å²) in [6.45, 7) is -2.93. The monoisotopic (exact) mass is 173 g/mol. The summed E-state index contributed by atoms with van der Waals surface area (Å²) in [6, 6.07) is 0. The molecular weight excluding hydrogens is 167 g/mol. The number of rotatable bonds is 3. The van der Waals surface area contributed by atoms with Crippen molar-refractivity contribution in [2.75, 3.05) is 14.2 Å². The minimum Gasteiger partial charge on any atom is -0.304 e. The second-order valence-corrected chi connectivity index (χ2v) is 5.79. The third kappa shape index (κ3) is 2.42. The van der Waals surface area contributed by atoms with Crippen molar-refractivity contribution in [3.05, 3.63) is 0 Å². The molecule has 0 amide bonds. The fourth-order valence-electron chi connectivity index (χ4n) is 0.135. The van der Waals surface area contributed by atoms with E-state index in [0.717, 1.165) is 0 Å². The van der Waals surface area contributed by atoms with Gasteiger partial charge in [0.1, 0.15) is 0 Å². The average Bonchev–Trinajstić information content (AvgIpc) is 1.87. The van der Waals surface area contributed by atoms with Gasteiger partial charge in [0, 0.05) is 24.6 Å². The second kappa shape index (κ2) is 3.80. The summed E-state index contributed by atoms with van der Waals surface area (Å²) >= 11 is 4.39. The summed E-state index contributed by atoms with van der Waals surface area (Å²) in [7, 11) is 3.26. The maximum Gasteiger partial charge on any atom is 0.399 e. The Morgan fingerprint density at radius 3 is 1.88 bits per heavy atom. The van der Waals surface area contributed by atoms with E-state index in [1.54, 1.807) is 0 Å². The van der Waals surface area contributed by atoms with Gasteiger partial charge in [-0.05, 0) is 11.7 Å². The van der Waals surface area contributed by atoms with E-state index in [4.69, 9.17) is 0 Å². The summed E-state index contributed by atoms with van der Waals surface area (Å²) < 4.78 is 19.6. The van der Waals surface area contributed by atoms with Gasteiger partial charge in [0.15, 0.2) is 0 Å². The van der Waals surface area contributed by atoms with Crippen LogP contribution in [0.15, 0.2) is 0 Å². The van der Waals surface area contributed by atoms with E-state index in [-0.39, 0.29) is 0 Å². The molecule has 0 aliphatic carbocycles. The van der Waals surface area contributed by atoms with Gasteiger partial charge in [-0.3, -0.25) is 0 Å². The smallest absolute Gasteiger partial charge is 0.304 e. The summed E-state index contributed by atoms with van der Waals surface area (Å²) in [5, 5.41) is 0. The van der Waals surface area contributed by atoms with Crippen molar-refractivity contribution in [3.8, 4) is 0 Å². The normalized spacial score (nSPS) is 11.9. The van der Waals surface area contributed by atoms with Gasteiger partial charge < -0.3 is 9.05 Å². The van der Waals surface area contributed by atoms with Gasteiger partial charge >= 0.3 is 6.80 Å². The minimum atomic E-state index is -2.93. The molecule has 0 rings (SSSR count). The molecule has 0 aromatic carbocycles. The molecule has 0 aliphatic heterocycles. The molecule has 0 saturated carbocycles. The van der Waals surface area contributed by atoms with Crippen molar-refractivity contribution in [1.82, 2.24) is 0 Å². The van der Waals surface area contributed by atoms with Crippen LogP contribution in [-0.2, 0) is 13.6 Å². The molecule has 6 heteroatoms. The van der Waals surface area contributed by atoms with Crippen molar-refractivity contribution in [2.24, 2.45) is 0 Å². The third-order valence-electron chi connectivity index (χ3n) is 0.539. The first-order chi connectivity index (χ1) is 3.68. The van der Waals surface area contributed by atoms with Crippen LogP contribution in [0.25, 0.3) is 0 Å². The molecule has 0 N–H and O–H groups in total. The quantitative estimate of drug-likeness (QED) is 0.484. The van der Waals surface area contributed by atoms with Crippen LogP contribution in [0.2, 0.25) is 0 Å². The minimum absolute atomic E-state index is 0.667. The first-order valence-electron chi connectivity index (χ1n) is 1.71. The highest BCUT2D eigenvalue weighted by molar-refractivity contribution is 8.93. The van der Waals surface area contributed by atoms with E-state index >= 15 is 0 Å². The summed E-state index contributed by atoms with van der Waals surface area (Å²) in [4.78, 5) is 0. The molecule has 0 heterocycles. The third-order valence-corrected chi connectivity index (χ3v) is 4.70. The summed E-state index contributed by atoms with van der Waals surface area (Å²) in [5.74, 6) is 0. The Kier molecular flexibility index (Phi) is 4.20. The van der Waals surface area contributed by atoms with Gasteiger partial charge in [-0.25, -0.2) is 4.57 Å². The van der Waals surface area contributed by atoms with E-state index in [0.29, 0.717) is 10.4 Å². The van der Waals surface area contributed by atoms with Crippen molar-refractivity contribution >= 4 is 28.9 Å². The van der Waals surface area contributed by atoms with Crippen LogP contribution in [0.3, 0.4) is 0 Å². The van der Waals surface area contributed by atoms with Crippen LogP contribution >= 0.6 is 28.9 Å². The van der Waals surface area contributed by atoms with Crippen LogP contribution in [0.4, 0.5) is 0 Å². The number of hydrogen-bond donors (Lipinski definition) is 0. The van der Waals surface area contributed by atoms with E-state index in [1.165, 1.54) is 14.2 Å². The lowest BCUT2D eigenvalue weighted by atomic mass is 11.8. The van der Waals surface area contributed by atoms with Gasteiger partial charge in [-0.2, -0.15) is 0 Å². The van der Waals surface area contributed by atoms with Crippen LogP contribution in [0.1, 0.15) is 0 Å². The number of hydrogen-bond acceptors (Lipinski definition) is 4. The molecule has 0 aliphatic rings. The lowest BCUT2D eigenvalue weighted by Gasteiger charge is -2.06. The second-order valence-electron chi connectivity index (χ2n) is 0.887. The van der Waals surface area contributed by atoms with E-state index in [1.807, 2.05) is 0 Å². The predicted octanol–water partition coefficient (Wildman–Crippen LogP) is 2.23. The zero-order chi connectivity index (χ0) is 6.62. The Morgan fingerprint density at radius 2 is 1.88 bits per heavy atom. The van der Waals surface area contributed by atoms with Gasteiger partial charge in [0.25, 0.3) is 0 Å². The lowest BCUT2D eigenvalue weighted by Crippen LogP contribution is -1.78. The van der Waals surface area contributed by atoms with Gasteiger partial charge in [-0.1, -0.05) is 0 Å². The van der Waals surface area contributed by atoms with Crippen LogP contribution in [0.5, 0.6) is 0 Å². The summed E-state index contributed by atoms with van der Waals surface area (Å²) in [6.07, 6.45) is 0. The first kappa shape index (κ1) is 8.85. The highest BCUT2D eigenvalue weighted by Gasteiger charge is 2.19. The Bertz CT molecular complexity index is 86.4. The first-order valence-corrected chi connectivity index (χ1v) is 5.60. The van der Waals surface area contributed by atoms with Gasteiger partial charge in [0.05, 0.1) is 0 Å². The van der Waals surface area contributed by atoms with Crippen LogP contribution in [-0.4, -0.2) is 14.2 Å². The zero-order valence-corrected chi connectivity index (χ0v) is 7.02. The maximum atomic E-state index is 10.7. The van der Waals surface area contributed by atoms with Crippen molar-refractivity contribution < 1.29 is 13.6 Å². The predicted molar refractivity (Wildman–Crippen MR) is 36.8 cm³/mol. The molecule has 3 nitrogen and oxygen atoms in total. The van der Waals surface area contributed by atoms with Gasteiger partial charge in [0.2, 0.25) is 0 Å². The highest BCUT2D eigenvalue weighted by atomic mass is 33.3. The van der Waals surface area contributed by atoms with E-state index in [2.05, 4.69) is 20.7 Å². The fraction of sp³-hybridized carbons (Fsp3) is 1.00.